The Morgan fingerprint density at radius 2 is 2.22 bits per heavy atom. The van der Waals surface area contributed by atoms with Gasteiger partial charge in [-0.05, 0) is 25.0 Å². The van der Waals surface area contributed by atoms with Crippen LogP contribution in [0.2, 0.25) is 0 Å². The molecular weight excluding hydrogens is 230 g/mol. The first-order valence-corrected chi connectivity index (χ1v) is 5.74. The molecule has 18 heavy (non-hydrogen) atoms. The number of carbonyl (C=O) groups excluding carboxylic acids is 1. The third kappa shape index (κ3) is 2.51. The van der Waals surface area contributed by atoms with Crippen LogP contribution < -0.4 is 5.32 Å². The van der Waals surface area contributed by atoms with E-state index in [1.54, 1.807) is 0 Å². The van der Waals surface area contributed by atoms with Crippen LogP contribution in [-0.4, -0.2) is 28.4 Å². The summed E-state index contributed by atoms with van der Waals surface area (Å²) in [6.07, 6.45) is 2.68. The predicted octanol–water partition coefficient (Wildman–Crippen LogP) is 1.68. The fraction of sp³-hybridized carbons (Fsp3) is 0.231. The SMILES string of the molecule is CC(=NO)C(=O)NCCc1c[nH]c2ccccc12. The predicted molar refractivity (Wildman–Crippen MR) is 69.9 cm³/mol. The largest absolute Gasteiger partial charge is 0.410 e. The fourth-order valence-electron chi connectivity index (χ4n) is 1.82. The van der Waals surface area contributed by atoms with Gasteiger partial charge in [-0.15, -0.1) is 0 Å². The highest BCUT2D eigenvalue weighted by Crippen LogP contribution is 2.17. The molecule has 0 aliphatic rings. The number of H-pyrrole nitrogens is 1. The van der Waals surface area contributed by atoms with Gasteiger partial charge in [0.15, 0.2) is 0 Å². The minimum absolute atomic E-state index is 0.0638. The Kier molecular flexibility index (Phi) is 3.62. The van der Waals surface area contributed by atoms with Crippen LogP contribution in [0.15, 0.2) is 35.6 Å². The Morgan fingerprint density at radius 3 is 3.00 bits per heavy atom. The molecule has 3 N–H and O–H groups in total. The van der Waals surface area contributed by atoms with Gasteiger partial charge in [-0.25, -0.2) is 0 Å². The van der Waals surface area contributed by atoms with Gasteiger partial charge in [-0.2, -0.15) is 0 Å². The lowest BCUT2D eigenvalue weighted by Gasteiger charge is -2.03. The van der Waals surface area contributed by atoms with Crippen LogP contribution in [-0.2, 0) is 11.2 Å². The first kappa shape index (κ1) is 12.2. The lowest BCUT2D eigenvalue weighted by molar-refractivity contribution is -0.114. The molecule has 2 aromatic rings. The maximum Gasteiger partial charge on any atom is 0.268 e. The lowest BCUT2D eigenvalue weighted by atomic mass is 10.1. The highest BCUT2D eigenvalue weighted by atomic mass is 16.4. The van der Waals surface area contributed by atoms with Gasteiger partial charge < -0.3 is 15.5 Å². The summed E-state index contributed by atoms with van der Waals surface area (Å²) in [5.41, 5.74) is 2.31. The number of amides is 1. The zero-order chi connectivity index (χ0) is 13.0. The average molecular weight is 245 g/mol. The summed E-state index contributed by atoms with van der Waals surface area (Å²) >= 11 is 0. The summed E-state index contributed by atoms with van der Waals surface area (Å²) in [6, 6.07) is 8.02. The average Bonchev–Trinajstić information content (AvgIpc) is 2.81. The summed E-state index contributed by atoms with van der Waals surface area (Å²) in [6.45, 7) is 1.97. The number of nitrogens with one attached hydrogen (secondary N) is 2. The molecule has 1 aromatic carbocycles. The minimum Gasteiger partial charge on any atom is -0.410 e. The van der Waals surface area contributed by atoms with Gasteiger partial charge in [0, 0.05) is 23.6 Å². The van der Waals surface area contributed by atoms with Gasteiger partial charge in [0.05, 0.1) is 0 Å². The number of hydrogen-bond donors (Lipinski definition) is 3. The number of hydrogen-bond acceptors (Lipinski definition) is 3. The highest BCUT2D eigenvalue weighted by Gasteiger charge is 2.06. The molecule has 0 saturated carbocycles. The summed E-state index contributed by atoms with van der Waals surface area (Å²) in [7, 11) is 0. The Hall–Kier alpha value is -2.30. The van der Waals surface area contributed by atoms with Crippen molar-refractivity contribution in [1.82, 2.24) is 10.3 Å². The topological polar surface area (TPSA) is 77.5 Å². The van der Waals surface area contributed by atoms with E-state index in [0.29, 0.717) is 6.54 Å². The third-order valence-corrected chi connectivity index (χ3v) is 2.83. The first-order chi connectivity index (χ1) is 8.72. The van der Waals surface area contributed by atoms with E-state index in [1.807, 2.05) is 30.5 Å². The Morgan fingerprint density at radius 1 is 1.44 bits per heavy atom. The summed E-state index contributed by atoms with van der Waals surface area (Å²) < 4.78 is 0. The maximum absolute atomic E-state index is 11.4. The molecule has 0 fully saturated rings. The molecule has 0 aliphatic carbocycles. The molecule has 1 heterocycles. The molecule has 5 heteroatoms. The molecule has 1 amide bonds. The van der Waals surface area contributed by atoms with E-state index in [-0.39, 0.29) is 11.6 Å². The van der Waals surface area contributed by atoms with Gasteiger partial charge in [0.1, 0.15) is 5.71 Å². The molecule has 1 aromatic heterocycles. The molecule has 94 valence electrons. The van der Waals surface area contributed by atoms with Crippen LogP contribution in [0.4, 0.5) is 0 Å². The minimum atomic E-state index is -0.350. The van der Waals surface area contributed by atoms with Gasteiger partial charge in [0.25, 0.3) is 5.91 Å². The number of aromatic amines is 1. The molecule has 5 nitrogen and oxygen atoms in total. The van der Waals surface area contributed by atoms with Gasteiger partial charge in [-0.3, -0.25) is 4.79 Å². The zero-order valence-corrected chi connectivity index (χ0v) is 10.1. The van der Waals surface area contributed by atoms with Crippen molar-refractivity contribution in [1.29, 1.82) is 0 Å². The molecule has 2 rings (SSSR count). The Labute approximate surface area is 105 Å². The van der Waals surface area contributed by atoms with Crippen molar-refractivity contribution in [3.05, 3.63) is 36.0 Å². The van der Waals surface area contributed by atoms with E-state index in [0.717, 1.165) is 17.5 Å². The van der Waals surface area contributed by atoms with Crippen molar-refractivity contribution >= 4 is 22.5 Å². The second-order valence-corrected chi connectivity index (χ2v) is 4.05. The molecule has 0 bridgehead atoms. The normalized spacial score (nSPS) is 11.7. The number of benzene rings is 1. The monoisotopic (exact) mass is 245 g/mol. The second-order valence-electron chi connectivity index (χ2n) is 4.05. The van der Waals surface area contributed by atoms with E-state index in [9.17, 15) is 4.79 Å². The van der Waals surface area contributed by atoms with E-state index >= 15 is 0 Å². The molecule has 0 spiro atoms. The van der Waals surface area contributed by atoms with Crippen molar-refractivity contribution in [2.45, 2.75) is 13.3 Å². The van der Waals surface area contributed by atoms with E-state index < -0.39 is 0 Å². The number of fused-ring (bicyclic) bond motifs is 1. The van der Waals surface area contributed by atoms with E-state index in [4.69, 9.17) is 5.21 Å². The van der Waals surface area contributed by atoms with Crippen molar-refractivity contribution in [2.24, 2.45) is 5.16 Å². The number of carbonyl (C=O) groups is 1. The number of rotatable bonds is 4. The molecule has 0 aliphatic heterocycles. The maximum atomic E-state index is 11.4. The fourth-order valence-corrected chi connectivity index (χ4v) is 1.82. The standard InChI is InChI=1S/C13H15N3O2/c1-9(16-18)13(17)14-7-6-10-8-15-12-5-3-2-4-11(10)12/h2-5,8,15,18H,6-7H2,1H3,(H,14,17). The number of para-hydroxylation sites is 1. The van der Waals surface area contributed by atoms with Gasteiger partial charge in [0.2, 0.25) is 0 Å². The van der Waals surface area contributed by atoms with Gasteiger partial charge in [-0.1, -0.05) is 23.4 Å². The smallest absolute Gasteiger partial charge is 0.268 e. The zero-order valence-electron chi connectivity index (χ0n) is 10.1. The highest BCUT2D eigenvalue weighted by molar-refractivity contribution is 6.37. The second kappa shape index (κ2) is 5.35. The third-order valence-electron chi connectivity index (χ3n) is 2.83. The summed E-state index contributed by atoms with van der Waals surface area (Å²) in [4.78, 5) is 14.5. The van der Waals surface area contributed by atoms with Crippen molar-refractivity contribution in [3.63, 3.8) is 0 Å². The van der Waals surface area contributed by atoms with Gasteiger partial charge >= 0.3 is 0 Å². The summed E-state index contributed by atoms with van der Waals surface area (Å²) in [5.74, 6) is -0.350. The lowest BCUT2D eigenvalue weighted by Crippen LogP contribution is -2.31. The number of nitrogens with zero attached hydrogens (tertiary/aromatic N) is 1. The molecule has 0 radical (unpaired) electrons. The van der Waals surface area contributed by atoms with E-state index in [1.165, 1.54) is 12.3 Å². The van der Waals surface area contributed by atoms with Crippen LogP contribution in [0.25, 0.3) is 10.9 Å². The van der Waals surface area contributed by atoms with Crippen LogP contribution in [0.1, 0.15) is 12.5 Å². The number of aromatic nitrogens is 1. The van der Waals surface area contributed by atoms with Crippen LogP contribution in [0.3, 0.4) is 0 Å². The number of oxime groups is 1. The molecular formula is C13H15N3O2. The Bertz CT molecular complexity index is 587. The van der Waals surface area contributed by atoms with Crippen molar-refractivity contribution in [3.8, 4) is 0 Å². The molecule has 0 atom stereocenters. The van der Waals surface area contributed by atoms with Crippen molar-refractivity contribution in [2.75, 3.05) is 6.54 Å². The molecule has 0 unspecified atom stereocenters. The van der Waals surface area contributed by atoms with Crippen LogP contribution >= 0.6 is 0 Å². The van der Waals surface area contributed by atoms with E-state index in [2.05, 4.69) is 15.5 Å². The van der Waals surface area contributed by atoms with Crippen molar-refractivity contribution < 1.29 is 10.0 Å². The Balaban J connectivity index is 1.97. The van der Waals surface area contributed by atoms with Crippen LogP contribution in [0, 0.1) is 0 Å². The first-order valence-electron chi connectivity index (χ1n) is 5.74. The molecule has 0 saturated heterocycles. The summed E-state index contributed by atoms with van der Waals surface area (Å²) in [5, 5.41) is 15.2. The van der Waals surface area contributed by atoms with Crippen LogP contribution in [0.5, 0.6) is 0 Å². The quantitative estimate of drug-likeness (QED) is 0.435.